The molecule has 0 bridgehead atoms. The Hall–Kier alpha value is -3.11. The number of allylic oxidation sites excluding steroid dienone is 2. The molecule has 4 heteroatoms. The zero-order valence-electron chi connectivity index (χ0n) is 13.9. The number of aromatic nitrogens is 1. The lowest BCUT2D eigenvalue weighted by Crippen LogP contribution is -1.78. The molecule has 0 aliphatic rings. The number of aliphatic hydroxyl groups excluding tert-OH is 1. The molecule has 0 radical (unpaired) electrons. The van der Waals surface area contributed by atoms with E-state index in [0.29, 0.717) is 11.7 Å². The Kier molecular flexibility index (Phi) is 5.44. The number of nitrogens with zero attached hydrogens (tertiary/aromatic N) is 1. The van der Waals surface area contributed by atoms with Gasteiger partial charge in [-0.15, -0.1) is 0 Å². The van der Waals surface area contributed by atoms with Crippen LogP contribution in [0.5, 0.6) is 0 Å². The highest BCUT2D eigenvalue weighted by Gasteiger charge is 2.11. The first kappa shape index (κ1) is 16.7. The van der Waals surface area contributed by atoms with Crippen molar-refractivity contribution in [1.82, 2.24) is 4.98 Å². The van der Waals surface area contributed by atoms with Crippen LogP contribution in [0.1, 0.15) is 22.6 Å². The lowest BCUT2D eigenvalue weighted by molar-refractivity contribution is 0.343. The molecule has 126 valence electrons. The summed E-state index contributed by atoms with van der Waals surface area (Å²) >= 11 is 0. The number of aliphatic hydroxyl groups is 1. The summed E-state index contributed by atoms with van der Waals surface area (Å²) < 4.78 is 10.9. The highest BCUT2D eigenvalue weighted by atomic mass is 16.4. The van der Waals surface area contributed by atoms with E-state index in [2.05, 4.69) is 4.98 Å². The van der Waals surface area contributed by atoms with Crippen molar-refractivity contribution < 1.29 is 13.9 Å². The number of oxazole rings is 1. The largest absolute Gasteiger partial charge is 0.459 e. The Labute approximate surface area is 146 Å². The first-order chi connectivity index (χ1) is 12.3. The van der Waals surface area contributed by atoms with E-state index < -0.39 is 0 Å². The van der Waals surface area contributed by atoms with Gasteiger partial charge < -0.3 is 13.9 Å². The van der Waals surface area contributed by atoms with Crippen molar-refractivity contribution in [3.63, 3.8) is 0 Å². The highest BCUT2D eigenvalue weighted by molar-refractivity contribution is 5.70. The summed E-state index contributed by atoms with van der Waals surface area (Å²) in [7, 11) is 0. The van der Waals surface area contributed by atoms with Gasteiger partial charge in [0.05, 0.1) is 12.9 Å². The van der Waals surface area contributed by atoms with Gasteiger partial charge in [-0.3, -0.25) is 0 Å². The Morgan fingerprint density at radius 2 is 1.76 bits per heavy atom. The molecule has 3 aromatic rings. The third-order valence-electron chi connectivity index (χ3n) is 3.58. The quantitative estimate of drug-likeness (QED) is 0.647. The smallest absolute Gasteiger partial charge is 0.263 e. The van der Waals surface area contributed by atoms with E-state index in [1.165, 1.54) is 0 Å². The second-order valence-electron chi connectivity index (χ2n) is 5.41. The molecule has 3 rings (SSSR count). The molecule has 0 fully saturated rings. The van der Waals surface area contributed by atoms with Crippen LogP contribution in [0.25, 0.3) is 29.9 Å². The van der Waals surface area contributed by atoms with Crippen molar-refractivity contribution in [1.29, 1.82) is 0 Å². The predicted molar refractivity (Wildman–Crippen MR) is 99.6 cm³/mol. The fourth-order valence-corrected chi connectivity index (χ4v) is 2.27. The van der Waals surface area contributed by atoms with E-state index in [-0.39, 0.29) is 6.61 Å². The SMILES string of the molecule is Cc1oc(-c2ccco2)nc1/C=C/c1ccc(/C=C/C=C/CO)cc1. The molecule has 0 aliphatic carbocycles. The average Bonchev–Trinajstić information content (AvgIpc) is 3.28. The van der Waals surface area contributed by atoms with Crippen LogP contribution in [0.15, 0.2) is 69.7 Å². The molecule has 0 amide bonds. The normalized spacial score (nSPS) is 12.1. The number of furan rings is 1. The molecule has 0 saturated carbocycles. The standard InChI is InChI=1S/C21H19NO3/c1-16-19(22-21(25-16)20-7-5-15-24-20)13-12-18-10-8-17(9-11-18)6-3-2-4-14-23/h2-13,15,23H,14H2,1H3/b4-2+,6-3+,13-12+. The van der Waals surface area contributed by atoms with Crippen LogP contribution in [0.2, 0.25) is 0 Å². The maximum absolute atomic E-state index is 8.68. The number of hydrogen-bond acceptors (Lipinski definition) is 4. The van der Waals surface area contributed by atoms with Crippen molar-refractivity contribution in [2.45, 2.75) is 6.92 Å². The summed E-state index contributed by atoms with van der Waals surface area (Å²) in [5.41, 5.74) is 2.95. The van der Waals surface area contributed by atoms with Gasteiger partial charge in [0.25, 0.3) is 5.89 Å². The molecule has 1 aromatic carbocycles. The third-order valence-corrected chi connectivity index (χ3v) is 3.58. The Bertz CT molecular complexity index is 882. The van der Waals surface area contributed by atoms with Crippen molar-refractivity contribution in [2.24, 2.45) is 0 Å². The second kappa shape index (κ2) is 8.13. The van der Waals surface area contributed by atoms with Crippen LogP contribution >= 0.6 is 0 Å². The topological polar surface area (TPSA) is 59.4 Å². The zero-order chi connectivity index (χ0) is 17.5. The van der Waals surface area contributed by atoms with Crippen molar-refractivity contribution >= 4 is 18.2 Å². The van der Waals surface area contributed by atoms with E-state index in [1.54, 1.807) is 18.4 Å². The van der Waals surface area contributed by atoms with Gasteiger partial charge in [0.2, 0.25) is 0 Å². The van der Waals surface area contributed by atoms with Gasteiger partial charge >= 0.3 is 0 Å². The van der Waals surface area contributed by atoms with E-state index in [9.17, 15) is 0 Å². The fraction of sp³-hybridized carbons (Fsp3) is 0.0952. The van der Waals surface area contributed by atoms with Gasteiger partial charge in [0.15, 0.2) is 5.76 Å². The fourth-order valence-electron chi connectivity index (χ4n) is 2.27. The van der Waals surface area contributed by atoms with Gasteiger partial charge in [-0.1, -0.05) is 54.6 Å². The third kappa shape index (κ3) is 4.46. The number of aryl methyl sites for hydroxylation is 1. The van der Waals surface area contributed by atoms with E-state index in [0.717, 1.165) is 22.6 Å². The molecule has 0 spiro atoms. The molecular formula is C21H19NO3. The monoisotopic (exact) mass is 333 g/mol. The van der Waals surface area contributed by atoms with Crippen molar-refractivity contribution in [3.8, 4) is 11.7 Å². The summed E-state index contributed by atoms with van der Waals surface area (Å²) in [6.45, 7) is 1.93. The lowest BCUT2D eigenvalue weighted by Gasteiger charge is -1.95. The van der Waals surface area contributed by atoms with Crippen LogP contribution < -0.4 is 0 Å². The molecule has 4 nitrogen and oxygen atoms in total. The molecule has 0 aliphatic heterocycles. The van der Waals surface area contributed by atoms with E-state index >= 15 is 0 Å². The number of benzene rings is 1. The van der Waals surface area contributed by atoms with E-state index in [4.69, 9.17) is 13.9 Å². The highest BCUT2D eigenvalue weighted by Crippen LogP contribution is 2.23. The zero-order valence-corrected chi connectivity index (χ0v) is 13.9. The summed E-state index contributed by atoms with van der Waals surface area (Å²) in [4.78, 5) is 4.46. The van der Waals surface area contributed by atoms with Crippen LogP contribution in [0, 0.1) is 6.92 Å². The number of rotatable bonds is 6. The molecule has 0 saturated heterocycles. The number of hydrogen-bond donors (Lipinski definition) is 1. The van der Waals surface area contributed by atoms with Gasteiger partial charge in [0, 0.05) is 0 Å². The van der Waals surface area contributed by atoms with Gasteiger partial charge in [-0.2, -0.15) is 0 Å². The summed E-state index contributed by atoms with van der Waals surface area (Å²) in [5, 5.41) is 8.68. The summed E-state index contributed by atoms with van der Waals surface area (Å²) in [5.74, 6) is 1.85. The Morgan fingerprint density at radius 3 is 2.44 bits per heavy atom. The molecule has 0 atom stereocenters. The molecule has 2 aromatic heterocycles. The van der Waals surface area contributed by atoms with Crippen LogP contribution in [0.3, 0.4) is 0 Å². The minimum atomic E-state index is 0.0528. The van der Waals surface area contributed by atoms with Crippen LogP contribution in [-0.2, 0) is 0 Å². The molecule has 25 heavy (non-hydrogen) atoms. The van der Waals surface area contributed by atoms with Crippen LogP contribution in [0.4, 0.5) is 0 Å². The van der Waals surface area contributed by atoms with Gasteiger partial charge in [0.1, 0.15) is 11.5 Å². The van der Waals surface area contributed by atoms with E-state index in [1.807, 2.05) is 67.6 Å². The predicted octanol–water partition coefficient (Wildman–Crippen LogP) is 4.98. The van der Waals surface area contributed by atoms with Crippen molar-refractivity contribution in [3.05, 3.63) is 83.5 Å². The average molecular weight is 333 g/mol. The minimum absolute atomic E-state index is 0.0528. The maximum Gasteiger partial charge on any atom is 0.263 e. The van der Waals surface area contributed by atoms with Crippen LogP contribution in [-0.4, -0.2) is 16.7 Å². The molecule has 2 heterocycles. The molecular weight excluding hydrogens is 314 g/mol. The minimum Gasteiger partial charge on any atom is -0.459 e. The lowest BCUT2D eigenvalue weighted by atomic mass is 10.1. The molecule has 0 unspecified atom stereocenters. The maximum atomic E-state index is 8.68. The van der Waals surface area contributed by atoms with Gasteiger partial charge in [-0.05, 0) is 36.3 Å². The van der Waals surface area contributed by atoms with Gasteiger partial charge in [-0.25, -0.2) is 4.98 Å². The Morgan fingerprint density at radius 1 is 1.00 bits per heavy atom. The second-order valence-corrected chi connectivity index (χ2v) is 5.41. The van der Waals surface area contributed by atoms with Crippen molar-refractivity contribution in [2.75, 3.05) is 6.61 Å². The first-order valence-corrected chi connectivity index (χ1v) is 8.00. The first-order valence-electron chi connectivity index (χ1n) is 8.00. The molecule has 1 N–H and O–H groups in total. The summed E-state index contributed by atoms with van der Waals surface area (Å²) in [6.07, 6.45) is 12.9. The Balaban J connectivity index is 1.70. The summed E-state index contributed by atoms with van der Waals surface area (Å²) in [6, 6.07) is 11.8.